The van der Waals surface area contributed by atoms with Gasteiger partial charge in [-0.25, -0.2) is 0 Å². The van der Waals surface area contributed by atoms with Crippen molar-refractivity contribution in [3.05, 3.63) is 30.3 Å². The van der Waals surface area contributed by atoms with Crippen LogP contribution < -0.4 is 4.74 Å². The second kappa shape index (κ2) is 5.28. The first-order chi connectivity index (χ1) is 8.91. The average Bonchev–Trinajstić information content (AvgIpc) is 2.62. The zero-order valence-corrected chi connectivity index (χ0v) is 13.4. The van der Waals surface area contributed by atoms with E-state index in [1.54, 1.807) is 0 Å². The number of halogens is 1. The Morgan fingerprint density at radius 2 is 1.95 bits per heavy atom. The average molecular weight is 325 g/mol. The van der Waals surface area contributed by atoms with Gasteiger partial charge in [0, 0.05) is 5.33 Å². The van der Waals surface area contributed by atoms with E-state index in [9.17, 15) is 4.79 Å². The summed E-state index contributed by atoms with van der Waals surface area (Å²) in [5.41, 5.74) is -0.469. The summed E-state index contributed by atoms with van der Waals surface area (Å²) in [5, 5.41) is 0.939. The van der Waals surface area contributed by atoms with Crippen LogP contribution in [0.4, 0.5) is 0 Å². The number of ether oxygens (including phenoxy) is 1. The molecule has 0 aromatic heterocycles. The van der Waals surface area contributed by atoms with E-state index >= 15 is 0 Å². The first-order valence-electron chi connectivity index (χ1n) is 6.75. The summed E-state index contributed by atoms with van der Waals surface area (Å²) in [6.07, 6.45) is 1.96. The van der Waals surface area contributed by atoms with E-state index < -0.39 is 5.41 Å². The molecule has 0 radical (unpaired) electrons. The number of hydrogen-bond donors (Lipinski definition) is 0. The summed E-state index contributed by atoms with van der Waals surface area (Å²) in [6.45, 7) is 6.40. The van der Waals surface area contributed by atoms with Gasteiger partial charge in [0.25, 0.3) is 0 Å². The molecule has 2 unspecified atom stereocenters. The Morgan fingerprint density at radius 3 is 2.47 bits per heavy atom. The Kier molecular flexibility index (Phi) is 4.05. The molecule has 1 aliphatic rings. The Morgan fingerprint density at radius 1 is 1.32 bits per heavy atom. The fourth-order valence-electron chi connectivity index (χ4n) is 2.94. The molecule has 1 aromatic carbocycles. The first-order valence-corrected chi connectivity index (χ1v) is 7.87. The third kappa shape index (κ3) is 2.45. The van der Waals surface area contributed by atoms with Gasteiger partial charge in [-0.15, -0.1) is 0 Å². The number of carbonyl (C=O) groups excluding carboxylic acids is 1. The monoisotopic (exact) mass is 324 g/mol. The van der Waals surface area contributed by atoms with Crippen molar-refractivity contribution in [2.75, 3.05) is 5.33 Å². The molecule has 104 valence electrons. The lowest BCUT2D eigenvalue weighted by Crippen LogP contribution is -2.43. The molecule has 2 nitrogen and oxygen atoms in total. The first kappa shape index (κ1) is 14.6. The lowest BCUT2D eigenvalue weighted by molar-refractivity contribution is -0.151. The number of carbonyl (C=O) groups is 1. The molecule has 0 spiro atoms. The Labute approximate surface area is 123 Å². The third-order valence-electron chi connectivity index (χ3n) is 5.03. The van der Waals surface area contributed by atoms with E-state index in [0.717, 1.165) is 18.2 Å². The van der Waals surface area contributed by atoms with Gasteiger partial charge in [0.15, 0.2) is 0 Å². The van der Waals surface area contributed by atoms with Crippen molar-refractivity contribution in [1.82, 2.24) is 0 Å². The van der Waals surface area contributed by atoms with Gasteiger partial charge >= 0.3 is 5.97 Å². The van der Waals surface area contributed by atoms with E-state index in [2.05, 4.69) is 29.8 Å². The summed E-state index contributed by atoms with van der Waals surface area (Å²) in [6, 6.07) is 9.33. The Balaban J connectivity index is 2.19. The minimum absolute atomic E-state index is 0.0532. The number of hydrogen-bond acceptors (Lipinski definition) is 2. The minimum Gasteiger partial charge on any atom is -0.426 e. The molecule has 2 rings (SSSR count). The highest BCUT2D eigenvalue weighted by atomic mass is 79.9. The molecular formula is C16H21BrO2. The zero-order valence-electron chi connectivity index (χ0n) is 11.8. The molecule has 19 heavy (non-hydrogen) atoms. The van der Waals surface area contributed by atoms with Crippen molar-refractivity contribution in [2.45, 2.75) is 33.6 Å². The molecule has 1 aromatic rings. The molecule has 0 N–H and O–H groups in total. The van der Waals surface area contributed by atoms with Gasteiger partial charge in [-0.2, -0.15) is 0 Å². The van der Waals surface area contributed by atoms with Crippen LogP contribution in [-0.2, 0) is 4.79 Å². The maximum atomic E-state index is 12.6. The fraction of sp³-hybridized carbons (Fsp3) is 0.562. The van der Waals surface area contributed by atoms with Crippen molar-refractivity contribution in [2.24, 2.45) is 16.7 Å². The Bertz CT molecular complexity index is 455. The molecule has 0 aliphatic heterocycles. The highest BCUT2D eigenvalue weighted by Crippen LogP contribution is 2.56. The third-order valence-corrected chi connectivity index (χ3v) is 5.81. The second-order valence-electron chi connectivity index (χ2n) is 6.15. The van der Waals surface area contributed by atoms with E-state index in [-0.39, 0.29) is 11.4 Å². The van der Waals surface area contributed by atoms with Crippen LogP contribution in [0, 0.1) is 16.7 Å². The maximum Gasteiger partial charge on any atom is 0.317 e. The lowest BCUT2D eigenvalue weighted by atomic mass is 9.66. The predicted octanol–water partition coefficient (Wildman–Crippen LogP) is 4.43. The van der Waals surface area contributed by atoms with Gasteiger partial charge < -0.3 is 4.74 Å². The van der Waals surface area contributed by atoms with Crippen LogP contribution in [0.3, 0.4) is 0 Å². The van der Waals surface area contributed by atoms with Crippen LogP contribution in [0.15, 0.2) is 30.3 Å². The summed E-state index contributed by atoms with van der Waals surface area (Å²) in [4.78, 5) is 12.6. The van der Waals surface area contributed by atoms with Crippen molar-refractivity contribution in [3.8, 4) is 5.75 Å². The zero-order chi connectivity index (χ0) is 14.1. The summed E-state index contributed by atoms with van der Waals surface area (Å²) in [5.74, 6) is 1.04. The molecule has 0 saturated heterocycles. The van der Waals surface area contributed by atoms with E-state index in [1.165, 1.54) is 0 Å². The van der Waals surface area contributed by atoms with Crippen LogP contribution in [0.2, 0.25) is 0 Å². The molecule has 3 heteroatoms. The fourth-order valence-corrected chi connectivity index (χ4v) is 4.07. The van der Waals surface area contributed by atoms with E-state index in [4.69, 9.17) is 4.74 Å². The molecule has 1 aliphatic carbocycles. The van der Waals surface area contributed by atoms with Crippen LogP contribution in [0.5, 0.6) is 5.75 Å². The van der Waals surface area contributed by atoms with Crippen molar-refractivity contribution in [1.29, 1.82) is 0 Å². The van der Waals surface area contributed by atoms with Crippen molar-refractivity contribution in [3.63, 3.8) is 0 Å². The van der Waals surface area contributed by atoms with Crippen molar-refractivity contribution >= 4 is 21.9 Å². The van der Waals surface area contributed by atoms with Crippen molar-refractivity contribution < 1.29 is 9.53 Å². The van der Waals surface area contributed by atoms with E-state index in [0.29, 0.717) is 11.7 Å². The predicted molar refractivity (Wildman–Crippen MR) is 80.5 cm³/mol. The number of para-hydroxylation sites is 1. The second-order valence-corrected chi connectivity index (χ2v) is 6.79. The van der Waals surface area contributed by atoms with Gasteiger partial charge in [0.1, 0.15) is 5.75 Å². The molecule has 0 amide bonds. The topological polar surface area (TPSA) is 26.3 Å². The van der Waals surface area contributed by atoms with Crippen LogP contribution in [-0.4, -0.2) is 11.3 Å². The number of benzene rings is 1. The standard InChI is InChI=1S/C16H21BrO2/c1-15(2)12(11-17)9-10-16(15,3)14(18)19-13-7-5-4-6-8-13/h4-8,12H,9-11H2,1-3H3. The van der Waals surface area contributed by atoms with Gasteiger partial charge in [-0.1, -0.05) is 48.0 Å². The smallest absolute Gasteiger partial charge is 0.317 e. The maximum absolute atomic E-state index is 12.6. The molecule has 2 atom stereocenters. The van der Waals surface area contributed by atoms with Gasteiger partial charge in [0.2, 0.25) is 0 Å². The molecule has 0 heterocycles. The number of rotatable bonds is 3. The number of alkyl halides is 1. The summed E-state index contributed by atoms with van der Waals surface area (Å²) < 4.78 is 5.58. The van der Waals surface area contributed by atoms with Gasteiger partial charge in [0.05, 0.1) is 5.41 Å². The molecule has 1 fully saturated rings. The SMILES string of the molecule is CC1(C(=O)Oc2ccccc2)CCC(CBr)C1(C)C. The number of esters is 1. The summed E-state index contributed by atoms with van der Waals surface area (Å²) >= 11 is 3.57. The van der Waals surface area contributed by atoms with Gasteiger partial charge in [-0.3, -0.25) is 4.79 Å². The van der Waals surface area contributed by atoms with Crippen LogP contribution in [0.1, 0.15) is 33.6 Å². The van der Waals surface area contributed by atoms with Crippen LogP contribution >= 0.6 is 15.9 Å². The largest absolute Gasteiger partial charge is 0.426 e. The highest BCUT2D eigenvalue weighted by Gasteiger charge is 2.56. The minimum atomic E-state index is -0.415. The lowest BCUT2D eigenvalue weighted by Gasteiger charge is -2.39. The Hall–Kier alpha value is -0.830. The highest BCUT2D eigenvalue weighted by molar-refractivity contribution is 9.09. The van der Waals surface area contributed by atoms with Crippen LogP contribution in [0.25, 0.3) is 0 Å². The van der Waals surface area contributed by atoms with E-state index in [1.807, 2.05) is 37.3 Å². The molecule has 1 saturated carbocycles. The quantitative estimate of drug-likeness (QED) is 0.467. The normalized spacial score (nSPS) is 29.2. The molecular weight excluding hydrogens is 304 g/mol. The summed E-state index contributed by atoms with van der Waals surface area (Å²) in [7, 11) is 0. The van der Waals surface area contributed by atoms with Gasteiger partial charge in [-0.05, 0) is 43.2 Å². The molecule has 0 bridgehead atoms.